The minimum Gasteiger partial charge on any atom is -0.386 e. The number of aliphatic hydroxyl groups excluding tert-OH is 1. The van der Waals surface area contributed by atoms with Gasteiger partial charge in [-0.25, -0.2) is 4.39 Å². The van der Waals surface area contributed by atoms with Crippen molar-refractivity contribution in [3.8, 4) is 0 Å². The SMILES string of the molecule is CCNC(=NCC(C)c1ccccc1)NCC(O)c1ccccc1F.I. The molecule has 0 aliphatic rings. The van der Waals surface area contributed by atoms with Gasteiger partial charge in [0.1, 0.15) is 5.82 Å². The smallest absolute Gasteiger partial charge is 0.191 e. The molecule has 2 atom stereocenters. The van der Waals surface area contributed by atoms with Gasteiger partial charge in [-0.1, -0.05) is 55.5 Å². The molecule has 4 nitrogen and oxygen atoms in total. The van der Waals surface area contributed by atoms with Gasteiger partial charge < -0.3 is 15.7 Å². The lowest BCUT2D eigenvalue weighted by atomic mass is 10.0. The summed E-state index contributed by atoms with van der Waals surface area (Å²) >= 11 is 0. The Bertz CT molecular complexity index is 682. The van der Waals surface area contributed by atoms with E-state index in [0.29, 0.717) is 19.0 Å². The molecule has 2 aromatic rings. The van der Waals surface area contributed by atoms with Crippen molar-refractivity contribution in [1.29, 1.82) is 0 Å². The van der Waals surface area contributed by atoms with Crippen LogP contribution in [0, 0.1) is 5.82 Å². The van der Waals surface area contributed by atoms with Crippen molar-refractivity contribution in [2.45, 2.75) is 25.9 Å². The fraction of sp³-hybridized carbons (Fsp3) is 0.350. The molecule has 0 saturated carbocycles. The van der Waals surface area contributed by atoms with Crippen LogP contribution >= 0.6 is 24.0 Å². The van der Waals surface area contributed by atoms with Crippen molar-refractivity contribution >= 4 is 29.9 Å². The van der Waals surface area contributed by atoms with Crippen molar-refractivity contribution in [3.63, 3.8) is 0 Å². The Kier molecular flexibility index (Phi) is 10.2. The van der Waals surface area contributed by atoms with E-state index in [1.54, 1.807) is 18.2 Å². The van der Waals surface area contributed by atoms with Crippen LogP contribution in [-0.2, 0) is 0 Å². The first-order chi connectivity index (χ1) is 12.1. The Morgan fingerprint density at radius 2 is 1.73 bits per heavy atom. The summed E-state index contributed by atoms with van der Waals surface area (Å²) in [5, 5.41) is 16.4. The summed E-state index contributed by atoms with van der Waals surface area (Å²) in [4.78, 5) is 4.57. The van der Waals surface area contributed by atoms with Crippen LogP contribution in [0.4, 0.5) is 4.39 Å². The summed E-state index contributed by atoms with van der Waals surface area (Å²) < 4.78 is 13.7. The molecule has 0 heterocycles. The van der Waals surface area contributed by atoms with Gasteiger partial charge in [-0.15, -0.1) is 24.0 Å². The Balaban J connectivity index is 0.00000338. The van der Waals surface area contributed by atoms with Crippen molar-refractivity contribution in [2.75, 3.05) is 19.6 Å². The number of nitrogens with zero attached hydrogens (tertiary/aromatic N) is 1. The normalized spacial score (nSPS) is 13.5. The van der Waals surface area contributed by atoms with Gasteiger partial charge in [0.05, 0.1) is 6.10 Å². The molecule has 3 N–H and O–H groups in total. The molecule has 2 rings (SSSR count). The van der Waals surface area contributed by atoms with E-state index in [2.05, 4.69) is 34.7 Å². The summed E-state index contributed by atoms with van der Waals surface area (Å²) in [5.41, 5.74) is 1.51. The number of hydrogen-bond donors (Lipinski definition) is 3. The Labute approximate surface area is 172 Å². The maximum Gasteiger partial charge on any atom is 0.191 e. The molecule has 0 aromatic heterocycles. The first-order valence-corrected chi connectivity index (χ1v) is 8.61. The highest BCUT2D eigenvalue weighted by atomic mass is 127. The first kappa shape index (κ1) is 22.4. The van der Waals surface area contributed by atoms with E-state index in [0.717, 1.165) is 0 Å². The van der Waals surface area contributed by atoms with Crippen LogP contribution in [0.3, 0.4) is 0 Å². The topological polar surface area (TPSA) is 56.7 Å². The van der Waals surface area contributed by atoms with Crippen molar-refractivity contribution in [1.82, 2.24) is 10.6 Å². The van der Waals surface area contributed by atoms with Crippen LogP contribution in [0.25, 0.3) is 0 Å². The van der Waals surface area contributed by atoms with Crippen LogP contribution in [0.5, 0.6) is 0 Å². The molecule has 0 aliphatic heterocycles. The number of aliphatic imine (C=N–C) groups is 1. The Morgan fingerprint density at radius 1 is 1.08 bits per heavy atom. The third-order valence-electron chi connectivity index (χ3n) is 3.96. The average molecular weight is 471 g/mol. The summed E-state index contributed by atoms with van der Waals surface area (Å²) in [6.07, 6.45) is -0.934. The van der Waals surface area contributed by atoms with Crippen LogP contribution in [0.15, 0.2) is 59.6 Å². The Hall–Kier alpha value is -1.67. The molecule has 6 heteroatoms. The van der Waals surface area contributed by atoms with Gasteiger partial charge in [0, 0.05) is 31.1 Å². The highest BCUT2D eigenvalue weighted by Gasteiger charge is 2.13. The Morgan fingerprint density at radius 3 is 2.38 bits per heavy atom. The number of aliphatic hydroxyl groups is 1. The average Bonchev–Trinajstić information content (AvgIpc) is 2.64. The van der Waals surface area contributed by atoms with Crippen LogP contribution in [0.1, 0.15) is 37.0 Å². The van der Waals surface area contributed by atoms with Crippen LogP contribution < -0.4 is 10.6 Å². The molecule has 142 valence electrons. The molecular weight excluding hydrogens is 444 g/mol. The van der Waals surface area contributed by atoms with Gasteiger partial charge in [0.15, 0.2) is 5.96 Å². The predicted molar refractivity (Wildman–Crippen MR) is 116 cm³/mol. The lowest BCUT2D eigenvalue weighted by Crippen LogP contribution is -2.39. The lowest BCUT2D eigenvalue weighted by Gasteiger charge is -2.17. The predicted octanol–water partition coefficient (Wildman–Crippen LogP) is 3.84. The van der Waals surface area contributed by atoms with Gasteiger partial charge in [-0.2, -0.15) is 0 Å². The summed E-state index contributed by atoms with van der Waals surface area (Å²) in [6, 6.07) is 16.5. The van der Waals surface area contributed by atoms with Crippen LogP contribution in [0.2, 0.25) is 0 Å². The minimum absolute atomic E-state index is 0. The highest BCUT2D eigenvalue weighted by Crippen LogP contribution is 2.16. The van der Waals surface area contributed by atoms with Crippen LogP contribution in [-0.4, -0.2) is 30.7 Å². The fourth-order valence-electron chi connectivity index (χ4n) is 2.51. The van der Waals surface area contributed by atoms with E-state index >= 15 is 0 Å². The van der Waals surface area contributed by atoms with E-state index in [4.69, 9.17) is 0 Å². The number of rotatable bonds is 7. The third-order valence-corrected chi connectivity index (χ3v) is 3.96. The van der Waals surface area contributed by atoms with Crippen molar-refractivity contribution < 1.29 is 9.50 Å². The molecule has 2 unspecified atom stereocenters. The second kappa shape index (κ2) is 11.9. The van der Waals surface area contributed by atoms with E-state index in [1.807, 2.05) is 25.1 Å². The number of halogens is 2. The lowest BCUT2D eigenvalue weighted by molar-refractivity contribution is 0.176. The van der Waals surface area contributed by atoms with Gasteiger partial charge in [-0.3, -0.25) is 4.99 Å². The molecule has 0 bridgehead atoms. The molecule has 0 saturated heterocycles. The van der Waals surface area contributed by atoms with E-state index in [-0.39, 0.29) is 42.0 Å². The van der Waals surface area contributed by atoms with Crippen molar-refractivity contribution in [2.24, 2.45) is 4.99 Å². The number of benzene rings is 2. The molecule has 0 aliphatic carbocycles. The monoisotopic (exact) mass is 471 g/mol. The number of guanidine groups is 1. The first-order valence-electron chi connectivity index (χ1n) is 8.61. The standard InChI is InChI=1S/C20H26FN3O.HI/c1-3-22-20(23-13-15(2)16-9-5-4-6-10-16)24-14-19(25)17-11-7-8-12-18(17)21;/h4-12,15,19,25H,3,13-14H2,1-2H3,(H2,22,23,24);1H. The third kappa shape index (κ3) is 6.92. The quantitative estimate of drug-likeness (QED) is 0.327. The second-order valence-electron chi connectivity index (χ2n) is 5.95. The second-order valence-corrected chi connectivity index (χ2v) is 5.95. The molecule has 0 spiro atoms. The minimum atomic E-state index is -0.934. The number of hydrogen-bond acceptors (Lipinski definition) is 2. The molecule has 26 heavy (non-hydrogen) atoms. The summed E-state index contributed by atoms with van der Waals surface area (Å²) in [7, 11) is 0. The van der Waals surface area contributed by atoms with Crippen molar-refractivity contribution in [3.05, 3.63) is 71.5 Å². The summed E-state index contributed by atoms with van der Waals surface area (Å²) in [6.45, 7) is 5.62. The maximum absolute atomic E-state index is 13.7. The largest absolute Gasteiger partial charge is 0.386 e. The zero-order valence-electron chi connectivity index (χ0n) is 15.2. The zero-order chi connectivity index (χ0) is 18.1. The van der Waals surface area contributed by atoms with Gasteiger partial charge in [-0.05, 0) is 18.6 Å². The molecule has 0 amide bonds. The fourth-order valence-corrected chi connectivity index (χ4v) is 2.51. The molecule has 2 aromatic carbocycles. The highest BCUT2D eigenvalue weighted by molar-refractivity contribution is 14.0. The van der Waals surface area contributed by atoms with E-state index in [1.165, 1.54) is 11.6 Å². The molecule has 0 radical (unpaired) electrons. The van der Waals surface area contributed by atoms with E-state index in [9.17, 15) is 9.50 Å². The molecule has 0 fully saturated rings. The van der Waals surface area contributed by atoms with Gasteiger partial charge >= 0.3 is 0 Å². The molecular formula is C20H27FIN3O. The van der Waals surface area contributed by atoms with E-state index < -0.39 is 11.9 Å². The maximum atomic E-state index is 13.7. The zero-order valence-corrected chi connectivity index (χ0v) is 17.5. The summed E-state index contributed by atoms with van der Waals surface area (Å²) in [5.74, 6) is 0.491. The van der Waals surface area contributed by atoms with Gasteiger partial charge in [0.2, 0.25) is 0 Å². The number of nitrogens with one attached hydrogen (secondary N) is 2. The van der Waals surface area contributed by atoms with Gasteiger partial charge in [0.25, 0.3) is 0 Å².